The molecule has 0 saturated carbocycles. The molecule has 1 rings (SSSR count). The number of pyridine rings is 1. The van der Waals surface area contributed by atoms with E-state index in [2.05, 4.69) is 25.8 Å². The third kappa shape index (κ3) is 1.86. The van der Waals surface area contributed by atoms with E-state index in [9.17, 15) is 0 Å². The van der Waals surface area contributed by atoms with Gasteiger partial charge in [0.25, 0.3) is 0 Å². The van der Waals surface area contributed by atoms with Gasteiger partial charge in [0.05, 0.1) is 10.7 Å². The molecule has 0 saturated heterocycles. The van der Waals surface area contributed by atoms with E-state index in [0.717, 1.165) is 16.4 Å². The standard InChI is InChI=1S/C11H16ClN/c1-6(2)10-7(3)11(12)9(5)13-8(10)4/h6H,1-5H3. The first-order valence-corrected chi connectivity index (χ1v) is 4.96. The van der Waals surface area contributed by atoms with Gasteiger partial charge in [-0.25, -0.2) is 0 Å². The molecular formula is C11H16ClN. The van der Waals surface area contributed by atoms with Crippen molar-refractivity contribution in [2.24, 2.45) is 0 Å². The third-order valence-electron chi connectivity index (χ3n) is 2.35. The van der Waals surface area contributed by atoms with Gasteiger partial charge >= 0.3 is 0 Å². The van der Waals surface area contributed by atoms with Crippen molar-refractivity contribution in [3.8, 4) is 0 Å². The fourth-order valence-corrected chi connectivity index (χ4v) is 2.02. The number of nitrogens with zero attached hydrogens (tertiary/aromatic N) is 1. The number of aromatic nitrogens is 1. The molecular weight excluding hydrogens is 182 g/mol. The second-order valence-corrected chi connectivity index (χ2v) is 4.17. The lowest BCUT2D eigenvalue weighted by Gasteiger charge is -2.15. The fraction of sp³-hybridized carbons (Fsp3) is 0.545. The molecule has 13 heavy (non-hydrogen) atoms. The summed E-state index contributed by atoms with van der Waals surface area (Å²) in [6.07, 6.45) is 0. The molecule has 0 aliphatic rings. The van der Waals surface area contributed by atoms with Gasteiger partial charge < -0.3 is 0 Å². The van der Waals surface area contributed by atoms with Crippen LogP contribution in [0.15, 0.2) is 0 Å². The van der Waals surface area contributed by atoms with Crippen LogP contribution in [0.5, 0.6) is 0 Å². The van der Waals surface area contributed by atoms with Crippen molar-refractivity contribution in [2.75, 3.05) is 0 Å². The second-order valence-electron chi connectivity index (χ2n) is 3.79. The summed E-state index contributed by atoms with van der Waals surface area (Å²) in [5.74, 6) is 0.491. The summed E-state index contributed by atoms with van der Waals surface area (Å²) in [6, 6.07) is 0. The highest BCUT2D eigenvalue weighted by molar-refractivity contribution is 6.32. The quantitative estimate of drug-likeness (QED) is 0.668. The van der Waals surface area contributed by atoms with Crippen LogP contribution in [0.4, 0.5) is 0 Å². The summed E-state index contributed by atoms with van der Waals surface area (Å²) in [5.41, 5.74) is 4.51. The van der Waals surface area contributed by atoms with Crippen molar-refractivity contribution in [3.05, 3.63) is 27.5 Å². The summed E-state index contributed by atoms with van der Waals surface area (Å²) < 4.78 is 0. The second kappa shape index (κ2) is 3.67. The number of hydrogen-bond acceptors (Lipinski definition) is 1. The van der Waals surface area contributed by atoms with E-state index in [1.54, 1.807) is 0 Å². The Hall–Kier alpha value is -0.560. The predicted octanol–water partition coefficient (Wildman–Crippen LogP) is 3.78. The van der Waals surface area contributed by atoms with Crippen molar-refractivity contribution < 1.29 is 0 Å². The molecule has 0 atom stereocenters. The van der Waals surface area contributed by atoms with Crippen LogP contribution in [-0.2, 0) is 0 Å². The van der Waals surface area contributed by atoms with Crippen molar-refractivity contribution in [3.63, 3.8) is 0 Å². The highest BCUT2D eigenvalue weighted by Crippen LogP contribution is 2.28. The largest absolute Gasteiger partial charge is 0.257 e. The molecule has 1 aromatic heterocycles. The van der Waals surface area contributed by atoms with Gasteiger partial charge in [0.1, 0.15) is 0 Å². The van der Waals surface area contributed by atoms with Crippen molar-refractivity contribution in [1.82, 2.24) is 4.98 Å². The van der Waals surface area contributed by atoms with E-state index < -0.39 is 0 Å². The Bertz CT molecular complexity index is 329. The van der Waals surface area contributed by atoms with E-state index >= 15 is 0 Å². The first-order valence-electron chi connectivity index (χ1n) is 4.58. The van der Waals surface area contributed by atoms with Crippen molar-refractivity contribution >= 4 is 11.6 Å². The lowest BCUT2D eigenvalue weighted by atomic mass is 9.96. The number of rotatable bonds is 1. The average molecular weight is 198 g/mol. The van der Waals surface area contributed by atoms with Crippen LogP contribution in [0.2, 0.25) is 5.02 Å². The molecule has 0 spiro atoms. The van der Waals surface area contributed by atoms with Gasteiger partial charge in [-0.2, -0.15) is 0 Å². The predicted molar refractivity (Wildman–Crippen MR) is 57.5 cm³/mol. The summed E-state index contributed by atoms with van der Waals surface area (Å²) in [7, 11) is 0. The Morgan fingerprint density at radius 3 is 2.08 bits per heavy atom. The van der Waals surface area contributed by atoms with Gasteiger partial charge in [0, 0.05) is 5.69 Å². The molecule has 0 amide bonds. The normalized spacial score (nSPS) is 11.0. The fourth-order valence-electron chi connectivity index (χ4n) is 1.87. The summed E-state index contributed by atoms with van der Waals surface area (Å²) in [4.78, 5) is 4.42. The van der Waals surface area contributed by atoms with Gasteiger partial charge in [-0.1, -0.05) is 25.4 Å². The van der Waals surface area contributed by atoms with Gasteiger partial charge in [0.2, 0.25) is 0 Å². The Balaban J connectivity index is 3.44. The molecule has 0 aliphatic carbocycles. The minimum absolute atomic E-state index is 0.491. The monoisotopic (exact) mass is 197 g/mol. The summed E-state index contributed by atoms with van der Waals surface area (Å²) >= 11 is 6.14. The van der Waals surface area contributed by atoms with E-state index in [1.807, 2.05) is 13.8 Å². The minimum atomic E-state index is 0.491. The van der Waals surface area contributed by atoms with Crippen LogP contribution in [-0.4, -0.2) is 4.98 Å². The molecule has 0 bridgehead atoms. The summed E-state index contributed by atoms with van der Waals surface area (Å²) in [6.45, 7) is 10.4. The molecule has 72 valence electrons. The molecule has 0 unspecified atom stereocenters. The minimum Gasteiger partial charge on any atom is -0.257 e. The van der Waals surface area contributed by atoms with Crippen LogP contribution < -0.4 is 0 Å². The van der Waals surface area contributed by atoms with Gasteiger partial charge in [-0.05, 0) is 37.8 Å². The molecule has 1 aromatic rings. The zero-order valence-corrected chi connectivity index (χ0v) is 9.66. The van der Waals surface area contributed by atoms with Crippen molar-refractivity contribution in [2.45, 2.75) is 40.5 Å². The van der Waals surface area contributed by atoms with Gasteiger partial charge in [-0.3, -0.25) is 4.98 Å². The SMILES string of the molecule is Cc1nc(C)c(C(C)C)c(C)c1Cl. The maximum atomic E-state index is 6.14. The molecule has 0 aromatic carbocycles. The zero-order valence-electron chi connectivity index (χ0n) is 8.90. The lowest BCUT2D eigenvalue weighted by molar-refractivity contribution is 0.827. The Morgan fingerprint density at radius 2 is 1.62 bits per heavy atom. The molecule has 0 fully saturated rings. The average Bonchev–Trinajstić information content (AvgIpc) is 1.99. The van der Waals surface area contributed by atoms with Gasteiger partial charge in [0.15, 0.2) is 0 Å². The molecule has 0 radical (unpaired) electrons. The van der Waals surface area contributed by atoms with Crippen LogP contribution >= 0.6 is 11.6 Å². The number of hydrogen-bond donors (Lipinski definition) is 0. The topological polar surface area (TPSA) is 12.9 Å². The van der Waals surface area contributed by atoms with Crippen LogP contribution in [0.3, 0.4) is 0 Å². The lowest BCUT2D eigenvalue weighted by Crippen LogP contribution is -2.02. The van der Waals surface area contributed by atoms with Crippen LogP contribution in [0, 0.1) is 20.8 Å². The number of halogens is 1. The van der Waals surface area contributed by atoms with Crippen LogP contribution in [0.1, 0.15) is 42.3 Å². The maximum Gasteiger partial charge on any atom is 0.0650 e. The Morgan fingerprint density at radius 1 is 1.08 bits per heavy atom. The van der Waals surface area contributed by atoms with Crippen LogP contribution in [0.25, 0.3) is 0 Å². The zero-order chi connectivity index (χ0) is 10.2. The van der Waals surface area contributed by atoms with E-state index in [4.69, 9.17) is 11.6 Å². The molecule has 1 nitrogen and oxygen atoms in total. The molecule has 1 heterocycles. The Kier molecular flexibility index (Phi) is 2.97. The summed E-state index contributed by atoms with van der Waals surface area (Å²) in [5, 5.41) is 0.814. The van der Waals surface area contributed by atoms with E-state index in [0.29, 0.717) is 5.92 Å². The first-order chi connectivity index (χ1) is 5.95. The maximum absolute atomic E-state index is 6.14. The van der Waals surface area contributed by atoms with E-state index in [1.165, 1.54) is 11.1 Å². The molecule has 0 N–H and O–H groups in total. The molecule has 0 aliphatic heterocycles. The van der Waals surface area contributed by atoms with E-state index in [-0.39, 0.29) is 0 Å². The number of aryl methyl sites for hydroxylation is 2. The van der Waals surface area contributed by atoms with Crippen molar-refractivity contribution in [1.29, 1.82) is 0 Å². The Labute approximate surface area is 85.1 Å². The smallest absolute Gasteiger partial charge is 0.0650 e. The third-order valence-corrected chi connectivity index (χ3v) is 2.91. The van der Waals surface area contributed by atoms with Gasteiger partial charge in [-0.15, -0.1) is 0 Å². The highest BCUT2D eigenvalue weighted by atomic mass is 35.5. The first kappa shape index (κ1) is 10.5. The highest BCUT2D eigenvalue weighted by Gasteiger charge is 2.12. The molecule has 2 heteroatoms.